The van der Waals surface area contributed by atoms with Crippen LogP contribution in [0.2, 0.25) is 0 Å². The van der Waals surface area contributed by atoms with Crippen molar-refractivity contribution in [1.29, 1.82) is 0 Å². The summed E-state index contributed by atoms with van der Waals surface area (Å²) in [7, 11) is -3.39. The molecule has 27 heavy (non-hydrogen) atoms. The molecule has 5 nitrogen and oxygen atoms in total. The van der Waals surface area contributed by atoms with Gasteiger partial charge in [0.05, 0.1) is 11.7 Å². The smallest absolute Gasteiger partial charge is 0.224 e. The summed E-state index contributed by atoms with van der Waals surface area (Å²) in [5.74, 6) is -0.180. The molecule has 1 amide bonds. The molecule has 1 aromatic carbocycles. The first kappa shape index (κ1) is 20.3. The second-order valence-corrected chi connectivity index (χ2v) is 9.96. The van der Waals surface area contributed by atoms with Gasteiger partial charge in [-0.25, -0.2) is 12.7 Å². The summed E-state index contributed by atoms with van der Waals surface area (Å²) < 4.78 is 27.1. The van der Waals surface area contributed by atoms with E-state index in [0.29, 0.717) is 13.1 Å². The van der Waals surface area contributed by atoms with Gasteiger partial charge in [-0.2, -0.15) is 0 Å². The van der Waals surface area contributed by atoms with Crippen molar-refractivity contribution in [3.63, 3.8) is 0 Å². The van der Waals surface area contributed by atoms with Crippen molar-refractivity contribution in [2.24, 2.45) is 5.92 Å². The third kappa shape index (κ3) is 6.04. The maximum Gasteiger partial charge on any atom is 0.224 e. The van der Waals surface area contributed by atoms with E-state index in [4.69, 9.17) is 0 Å². The second kappa shape index (κ2) is 9.69. The van der Waals surface area contributed by atoms with E-state index in [-0.39, 0.29) is 23.6 Å². The fourth-order valence-electron chi connectivity index (χ4n) is 4.20. The van der Waals surface area contributed by atoms with E-state index in [1.54, 1.807) is 0 Å². The van der Waals surface area contributed by atoms with Crippen LogP contribution in [0.1, 0.15) is 63.4 Å². The lowest BCUT2D eigenvalue weighted by Crippen LogP contribution is -2.47. The van der Waals surface area contributed by atoms with E-state index in [0.717, 1.165) is 31.2 Å². The molecule has 1 aliphatic carbocycles. The van der Waals surface area contributed by atoms with Gasteiger partial charge in [-0.15, -0.1) is 0 Å². The minimum absolute atomic E-state index is 0.00477. The molecule has 0 spiro atoms. The highest BCUT2D eigenvalue weighted by atomic mass is 32.2. The van der Waals surface area contributed by atoms with E-state index in [2.05, 4.69) is 5.32 Å². The molecule has 6 heteroatoms. The zero-order chi connectivity index (χ0) is 19.1. The second-order valence-electron chi connectivity index (χ2n) is 7.99. The molecular formula is C21H32N2O3S. The Morgan fingerprint density at radius 3 is 2.33 bits per heavy atom. The van der Waals surface area contributed by atoms with Gasteiger partial charge in [-0.05, 0) is 31.2 Å². The molecule has 1 atom stereocenters. The zero-order valence-electron chi connectivity index (χ0n) is 16.1. The quantitative estimate of drug-likeness (QED) is 0.834. The van der Waals surface area contributed by atoms with E-state index in [1.807, 2.05) is 30.3 Å². The molecule has 1 aromatic rings. The minimum atomic E-state index is -3.39. The van der Waals surface area contributed by atoms with Gasteiger partial charge in [0.25, 0.3) is 0 Å². The van der Waals surface area contributed by atoms with Crippen molar-refractivity contribution in [3.8, 4) is 0 Å². The maximum absolute atomic E-state index is 12.8. The van der Waals surface area contributed by atoms with Crippen LogP contribution in [0.25, 0.3) is 0 Å². The summed E-state index contributed by atoms with van der Waals surface area (Å²) in [6, 6.07) is 9.51. The Labute approximate surface area is 163 Å². The molecule has 150 valence electrons. The Kier molecular flexibility index (Phi) is 7.30. The third-order valence-corrected chi connectivity index (χ3v) is 7.61. The summed E-state index contributed by atoms with van der Waals surface area (Å²) >= 11 is 0. The number of hydrogen-bond acceptors (Lipinski definition) is 3. The van der Waals surface area contributed by atoms with E-state index in [9.17, 15) is 13.2 Å². The summed E-state index contributed by atoms with van der Waals surface area (Å²) in [6.07, 6.45) is 9.77. The van der Waals surface area contributed by atoms with Crippen LogP contribution in [0.15, 0.2) is 30.3 Å². The Morgan fingerprint density at radius 2 is 1.63 bits per heavy atom. The van der Waals surface area contributed by atoms with Crippen LogP contribution < -0.4 is 5.32 Å². The summed E-state index contributed by atoms with van der Waals surface area (Å²) in [5.41, 5.74) is 0.790. The monoisotopic (exact) mass is 392 g/mol. The fourth-order valence-corrected chi connectivity index (χ4v) is 5.82. The van der Waals surface area contributed by atoms with Crippen molar-refractivity contribution in [1.82, 2.24) is 9.62 Å². The Bertz CT molecular complexity index is 697. The number of nitrogens with one attached hydrogen (secondary N) is 1. The van der Waals surface area contributed by atoms with E-state index < -0.39 is 10.0 Å². The summed E-state index contributed by atoms with van der Waals surface area (Å²) in [4.78, 5) is 12.8. The number of amides is 1. The first-order valence-electron chi connectivity index (χ1n) is 10.4. The number of hydrogen-bond donors (Lipinski definition) is 1. The number of rotatable bonds is 5. The fraction of sp³-hybridized carbons (Fsp3) is 0.667. The number of nitrogens with zero attached hydrogens (tertiary/aromatic N) is 1. The number of benzene rings is 1. The van der Waals surface area contributed by atoms with Crippen molar-refractivity contribution in [2.45, 2.75) is 69.6 Å². The molecule has 3 rings (SSSR count). The molecule has 1 saturated carbocycles. The van der Waals surface area contributed by atoms with E-state index >= 15 is 0 Å². The number of carbonyl (C=O) groups is 1. The van der Waals surface area contributed by atoms with Crippen LogP contribution in [0.3, 0.4) is 0 Å². The van der Waals surface area contributed by atoms with Gasteiger partial charge in [-0.3, -0.25) is 4.79 Å². The van der Waals surface area contributed by atoms with Crippen LogP contribution in [-0.2, 0) is 20.6 Å². The molecule has 1 heterocycles. The molecule has 0 aromatic heterocycles. The van der Waals surface area contributed by atoms with Gasteiger partial charge in [-0.1, -0.05) is 62.4 Å². The van der Waals surface area contributed by atoms with Gasteiger partial charge in [0.2, 0.25) is 15.9 Å². The van der Waals surface area contributed by atoms with Crippen LogP contribution in [0, 0.1) is 5.92 Å². The molecule has 0 unspecified atom stereocenters. The van der Waals surface area contributed by atoms with Crippen LogP contribution in [0.4, 0.5) is 0 Å². The standard InChI is InChI=1S/C21H32N2O3S/c24-21(22-20-13-7-2-1-3-8-14-20)19-12-9-15-23(16-19)27(25,26)17-18-10-5-4-6-11-18/h4-6,10-11,19-20H,1-3,7-9,12-17H2,(H,22,24)/t19-/m0/s1. The van der Waals surface area contributed by atoms with Crippen molar-refractivity contribution in [2.75, 3.05) is 13.1 Å². The Morgan fingerprint density at radius 1 is 0.963 bits per heavy atom. The molecular weight excluding hydrogens is 360 g/mol. The van der Waals surface area contributed by atoms with Crippen LogP contribution in [0.5, 0.6) is 0 Å². The lowest BCUT2D eigenvalue weighted by Gasteiger charge is -2.32. The number of carbonyl (C=O) groups excluding carboxylic acids is 1. The first-order valence-corrected chi connectivity index (χ1v) is 12.0. The molecule has 2 aliphatic rings. The van der Waals surface area contributed by atoms with Crippen molar-refractivity contribution >= 4 is 15.9 Å². The number of sulfonamides is 1. The SMILES string of the molecule is O=C(NC1CCCCCCC1)[C@H]1CCCN(S(=O)(=O)Cc2ccccc2)C1. The molecule has 0 bridgehead atoms. The predicted octanol–water partition coefficient (Wildman–Crippen LogP) is 3.46. The van der Waals surface area contributed by atoms with E-state index in [1.165, 1.54) is 36.4 Å². The first-order chi connectivity index (χ1) is 13.0. The molecule has 1 N–H and O–H groups in total. The highest BCUT2D eigenvalue weighted by Crippen LogP contribution is 2.23. The molecule has 2 fully saturated rings. The van der Waals surface area contributed by atoms with Gasteiger partial charge in [0.15, 0.2) is 0 Å². The lowest BCUT2D eigenvalue weighted by molar-refractivity contribution is -0.126. The highest BCUT2D eigenvalue weighted by molar-refractivity contribution is 7.88. The van der Waals surface area contributed by atoms with Gasteiger partial charge >= 0.3 is 0 Å². The van der Waals surface area contributed by atoms with Gasteiger partial charge in [0.1, 0.15) is 0 Å². The summed E-state index contributed by atoms with van der Waals surface area (Å²) in [5, 5.41) is 3.22. The summed E-state index contributed by atoms with van der Waals surface area (Å²) in [6.45, 7) is 0.829. The zero-order valence-corrected chi connectivity index (χ0v) is 16.9. The Hall–Kier alpha value is -1.40. The van der Waals surface area contributed by atoms with Crippen LogP contribution >= 0.6 is 0 Å². The van der Waals surface area contributed by atoms with Gasteiger partial charge < -0.3 is 5.32 Å². The highest BCUT2D eigenvalue weighted by Gasteiger charge is 2.33. The average molecular weight is 393 g/mol. The lowest BCUT2D eigenvalue weighted by atomic mass is 9.94. The molecule has 0 radical (unpaired) electrons. The van der Waals surface area contributed by atoms with Crippen molar-refractivity contribution < 1.29 is 13.2 Å². The normalized spacial score (nSPS) is 23.3. The van der Waals surface area contributed by atoms with Gasteiger partial charge in [0, 0.05) is 19.1 Å². The molecule has 1 aliphatic heterocycles. The Balaban J connectivity index is 1.57. The maximum atomic E-state index is 12.8. The molecule has 1 saturated heterocycles. The van der Waals surface area contributed by atoms with Crippen LogP contribution in [-0.4, -0.2) is 37.8 Å². The largest absolute Gasteiger partial charge is 0.353 e. The number of piperidine rings is 1. The predicted molar refractivity (Wildman–Crippen MR) is 108 cm³/mol. The van der Waals surface area contributed by atoms with Crippen molar-refractivity contribution in [3.05, 3.63) is 35.9 Å². The third-order valence-electron chi connectivity index (χ3n) is 5.79. The topological polar surface area (TPSA) is 66.5 Å². The minimum Gasteiger partial charge on any atom is -0.353 e. The average Bonchev–Trinajstić information content (AvgIpc) is 2.64.